The maximum absolute atomic E-state index is 6.34. The number of nitrogens with two attached hydrogens (primary N) is 1. The normalized spacial score (nSPS) is 11.3. The van der Waals surface area contributed by atoms with Crippen molar-refractivity contribution in [1.82, 2.24) is 20.2 Å². The summed E-state index contributed by atoms with van der Waals surface area (Å²) in [5.74, 6) is 0.463. The second-order valence-electron chi connectivity index (χ2n) is 6.64. The summed E-state index contributed by atoms with van der Waals surface area (Å²) in [4.78, 5) is 10.4. The van der Waals surface area contributed by atoms with Gasteiger partial charge in [0, 0.05) is 16.2 Å². The predicted molar refractivity (Wildman–Crippen MR) is 114 cm³/mol. The van der Waals surface area contributed by atoms with E-state index in [2.05, 4.69) is 45.5 Å². The van der Waals surface area contributed by atoms with E-state index in [0.717, 1.165) is 32.7 Å². The lowest BCUT2D eigenvalue weighted by atomic mass is 10.1. The van der Waals surface area contributed by atoms with Crippen molar-refractivity contribution in [2.45, 2.75) is 17.0 Å². The number of anilines is 1. The Hall–Kier alpha value is -3.38. The van der Waals surface area contributed by atoms with Crippen LogP contribution in [0.3, 0.4) is 0 Å². The summed E-state index contributed by atoms with van der Waals surface area (Å²) in [6.07, 6.45) is 0. The smallest absolute Gasteiger partial charge is 0.194 e. The van der Waals surface area contributed by atoms with Gasteiger partial charge in [-0.3, -0.25) is 5.10 Å². The Morgan fingerprint density at radius 1 is 0.893 bits per heavy atom. The molecular weight excluding hydrogens is 366 g/mol. The molecule has 0 unspecified atom stereocenters. The number of hydrogen-bond donors (Lipinski definition) is 2. The van der Waals surface area contributed by atoms with E-state index in [1.54, 1.807) is 0 Å². The monoisotopic (exact) mass is 383 g/mol. The van der Waals surface area contributed by atoms with Gasteiger partial charge in [0.05, 0.1) is 16.6 Å². The maximum Gasteiger partial charge on any atom is 0.194 e. The van der Waals surface area contributed by atoms with Crippen LogP contribution in [-0.4, -0.2) is 20.2 Å². The number of nitrogens with zero attached hydrogens (tertiary/aromatic N) is 3. The van der Waals surface area contributed by atoms with Crippen molar-refractivity contribution >= 4 is 39.3 Å². The number of nitrogens with one attached hydrogen (secondary N) is 1. The van der Waals surface area contributed by atoms with Crippen molar-refractivity contribution in [2.24, 2.45) is 0 Å². The predicted octanol–water partition coefficient (Wildman–Crippen LogP) is 5.21. The van der Waals surface area contributed by atoms with Crippen LogP contribution >= 0.6 is 11.8 Å². The van der Waals surface area contributed by atoms with Crippen LogP contribution in [0.5, 0.6) is 0 Å². The van der Waals surface area contributed by atoms with E-state index in [-0.39, 0.29) is 0 Å². The number of aryl methyl sites for hydroxylation is 1. The van der Waals surface area contributed by atoms with E-state index in [9.17, 15) is 0 Å². The van der Waals surface area contributed by atoms with Crippen molar-refractivity contribution in [3.05, 3.63) is 72.4 Å². The zero-order valence-electron chi connectivity index (χ0n) is 15.2. The highest BCUT2D eigenvalue weighted by Crippen LogP contribution is 2.34. The van der Waals surface area contributed by atoms with E-state index in [1.165, 1.54) is 22.5 Å². The van der Waals surface area contributed by atoms with Gasteiger partial charge in [-0.15, -0.1) is 0 Å². The number of aromatic amines is 1. The van der Waals surface area contributed by atoms with Crippen molar-refractivity contribution < 1.29 is 0 Å². The fraction of sp³-hybridized carbons (Fsp3) is 0.0455. The van der Waals surface area contributed by atoms with Crippen molar-refractivity contribution in [3.8, 4) is 11.3 Å². The Labute approximate surface area is 166 Å². The Bertz CT molecular complexity index is 1330. The molecule has 0 aliphatic rings. The molecule has 136 valence electrons. The summed E-state index contributed by atoms with van der Waals surface area (Å²) in [7, 11) is 0. The molecule has 0 fully saturated rings. The molecule has 0 saturated carbocycles. The highest BCUT2D eigenvalue weighted by molar-refractivity contribution is 7.99. The Morgan fingerprint density at radius 3 is 2.57 bits per heavy atom. The first-order valence-corrected chi connectivity index (χ1v) is 9.74. The molecule has 6 heteroatoms. The van der Waals surface area contributed by atoms with Crippen molar-refractivity contribution in [1.29, 1.82) is 0 Å². The average molecular weight is 383 g/mol. The SMILES string of the molecule is Cc1cc(-c2cccc3nc(Sc4ccc5ccccc5c4)nc(N)c23)n[nH]1. The fourth-order valence-corrected chi connectivity index (χ4v) is 4.16. The highest BCUT2D eigenvalue weighted by atomic mass is 32.2. The topological polar surface area (TPSA) is 80.5 Å². The lowest BCUT2D eigenvalue weighted by molar-refractivity contribution is 1.01. The molecule has 5 rings (SSSR count). The minimum Gasteiger partial charge on any atom is -0.383 e. The van der Waals surface area contributed by atoms with Crippen LogP contribution in [0.15, 0.2) is 76.8 Å². The summed E-state index contributed by atoms with van der Waals surface area (Å²) in [6, 6.07) is 22.5. The molecule has 0 saturated heterocycles. The van der Waals surface area contributed by atoms with Gasteiger partial charge in [-0.05, 0) is 53.7 Å². The third-order valence-electron chi connectivity index (χ3n) is 4.64. The van der Waals surface area contributed by atoms with Gasteiger partial charge in [-0.2, -0.15) is 5.10 Å². The molecule has 5 aromatic rings. The Morgan fingerprint density at radius 2 is 1.75 bits per heavy atom. The van der Waals surface area contributed by atoms with E-state index in [4.69, 9.17) is 10.7 Å². The number of hydrogen-bond acceptors (Lipinski definition) is 5. The summed E-state index contributed by atoms with van der Waals surface area (Å²) < 4.78 is 0. The summed E-state index contributed by atoms with van der Waals surface area (Å²) >= 11 is 1.51. The first-order chi connectivity index (χ1) is 13.7. The maximum atomic E-state index is 6.34. The number of H-pyrrole nitrogens is 1. The van der Waals surface area contributed by atoms with E-state index >= 15 is 0 Å². The third-order valence-corrected chi connectivity index (χ3v) is 5.50. The number of rotatable bonds is 3. The molecule has 2 aromatic heterocycles. The molecule has 0 aliphatic heterocycles. The zero-order chi connectivity index (χ0) is 19.1. The van der Waals surface area contributed by atoms with Gasteiger partial charge < -0.3 is 5.73 Å². The van der Waals surface area contributed by atoms with E-state index in [0.29, 0.717) is 11.0 Å². The molecule has 0 bridgehead atoms. The Balaban J connectivity index is 1.57. The van der Waals surface area contributed by atoms with Crippen LogP contribution in [0.25, 0.3) is 32.9 Å². The first kappa shape index (κ1) is 16.8. The largest absolute Gasteiger partial charge is 0.383 e. The summed E-state index contributed by atoms with van der Waals surface area (Å²) in [6.45, 7) is 1.97. The quantitative estimate of drug-likeness (QED) is 0.418. The van der Waals surface area contributed by atoms with Crippen LogP contribution in [-0.2, 0) is 0 Å². The van der Waals surface area contributed by atoms with Crippen LogP contribution in [0.2, 0.25) is 0 Å². The molecule has 0 atom stereocenters. The van der Waals surface area contributed by atoms with Gasteiger partial charge in [0.1, 0.15) is 5.82 Å². The van der Waals surface area contributed by atoms with E-state index < -0.39 is 0 Å². The van der Waals surface area contributed by atoms with Crippen LogP contribution in [0, 0.1) is 6.92 Å². The first-order valence-electron chi connectivity index (χ1n) is 8.93. The van der Waals surface area contributed by atoms with Gasteiger partial charge in [-0.25, -0.2) is 9.97 Å². The molecule has 3 N–H and O–H groups in total. The second-order valence-corrected chi connectivity index (χ2v) is 7.68. The molecule has 0 aliphatic carbocycles. The van der Waals surface area contributed by atoms with Crippen LogP contribution in [0.4, 0.5) is 5.82 Å². The fourth-order valence-electron chi connectivity index (χ4n) is 3.34. The number of nitrogen functional groups attached to an aromatic ring is 1. The molecular formula is C22H17N5S. The van der Waals surface area contributed by atoms with Crippen molar-refractivity contribution in [3.63, 3.8) is 0 Å². The number of benzene rings is 3. The number of aromatic nitrogens is 4. The van der Waals surface area contributed by atoms with E-state index in [1.807, 2.05) is 43.3 Å². The minimum atomic E-state index is 0.463. The molecule has 3 aromatic carbocycles. The molecule has 0 amide bonds. The molecule has 0 spiro atoms. The van der Waals surface area contributed by atoms with Crippen LogP contribution in [0.1, 0.15) is 5.69 Å². The lowest BCUT2D eigenvalue weighted by Crippen LogP contribution is -1.98. The lowest BCUT2D eigenvalue weighted by Gasteiger charge is -2.09. The van der Waals surface area contributed by atoms with Gasteiger partial charge >= 0.3 is 0 Å². The Kier molecular flexibility index (Phi) is 3.98. The highest BCUT2D eigenvalue weighted by Gasteiger charge is 2.13. The molecule has 2 heterocycles. The third kappa shape index (κ3) is 2.97. The zero-order valence-corrected chi connectivity index (χ0v) is 16.0. The molecule has 5 nitrogen and oxygen atoms in total. The van der Waals surface area contributed by atoms with Crippen LogP contribution < -0.4 is 5.73 Å². The minimum absolute atomic E-state index is 0.463. The van der Waals surface area contributed by atoms with Gasteiger partial charge in [0.25, 0.3) is 0 Å². The molecule has 0 radical (unpaired) electrons. The average Bonchev–Trinajstić information content (AvgIpc) is 3.13. The van der Waals surface area contributed by atoms with Gasteiger partial charge in [0.15, 0.2) is 5.16 Å². The molecule has 28 heavy (non-hydrogen) atoms. The summed E-state index contributed by atoms with van der Waals surface area (Å²) in [5.41, 5.74) is 9.93. The number of fused-ring (bicyclic) bond motifs is 2. The van der Waals surface area contributed by atoms with Crippen molar-refractivity contribution in [2.75, 3.05) is 5.73 Å². The standard InChI is InChI=1S/C22H17N5S/c1-13-11-19(27-26-13)17-7-4-8-18-20(17)21(23)25-22(24-18)28-16-10-9-14-5-2-3-6-15(14)12-16/h2-12H,1H3,(H,26,27)(H2,23,24,25). The summed E-state index contributed by atoms with van der Waals surface area (Å²) in [5, 5.41) is 11.2. The second kappa shape index (κ2) is 6.65. The van der Waals surface area contributed by atoms with Gasteiger partial charge in [0.2, 0.25) is 0 Å². The van der Waals surface area contributed by atoms with Gasteiger partial charge in [-0.1, -0.05) is 42.5 Å².